The lowest BCUT2D eigenvalue weighted by Gasteiger charge is -2.07. The molecule has 0 amide bonds. The number of imidazole rings is 1. The summed E-state index contributed by atoms with van der Waals surface area (Å²) in [5, 5.41) is 11.8. The second-order valence-electron chi connectivity index (χ2n) is 4.71. The molecule has 2 aromatic rings. The molecule has 5 heteroatoms. The van der Waals surface area contributed by atoms with E-state index in [4.69, 9.17) is 9.94 Å². The fourth-order valence-corrected chi connectivity index (χ4v) is 1.93. The van der Waals surface area contributed by atoms with Crippen LogP contribution in [0, 0.1) is 0 Å². The van der Waals surface area contributed by atoms with Crippen LogP contribution in [0.2, 0.25) is 0 Å². The quantitative estimate of drug-likeness (QED) is 0.499. The molecule has 2 rings (SSSR count). The minimum Gasteiger partial charge on any atom is -0.493 e. The molecule has 1 aromatic heterocycles. The maximum Gasteiger partial charge on any atom is 0.119 e. The fourth-order valence-electron chi connectivity index (χ4n) is 1.93. The highest BCUT2D eigenvalue weighted by atomic mass is 16.5. The Balaban J connectivity index is 1.83. The predicted molar refractivity (Wildman–Crippen MR) is 77.4 cm³/mol. The van der Waals surface area contributed by atoms with E-state index < -0.39 is 0 Å². The highest BCUT2D eigenvalue weighted by Crippen LogP contribution is 2.13. The maximum atomic E-state index is 8.64. The molecule has 0 radical (unpaired) electrons. The Morgan fingerprint density at radius 1 is 1.35 bits per heavy atom. The van der Waals surface area contributed by atoms with Crippen LogP contribution < -0.4 is 4.74 Å². The van der Waals surface area contributed by atoms with Gasteiger partial charge < -0.3 is 14.5 Å². The van der Waals surface area contributed by atoms with E-state index in [0.717, 1.165) is 23.6 Å². The van der Waals surface area contributed by atoms with Crippen LogP contribution in [-0.4, -0.2) is 27.1 Å². The zero-order valence-electron chi connectivity index (χ0n) is 11.8. The Morgan fingerprint density at radius 3 is 2.70 bits per heavy atom. The molecule has 0 aliphatic rings. The lowest BCUT2D eigenvalue weighted by molar-refractivity contribution is 0.317. The molecule has 0 bridgehead atoms. The third-order valence-corrected chi connectivity index (χ3v) is 3.07. The molecule has 0 aliphatic heterocycles. The van der Waals surface area contributed by atoms with Crippen molar-refractivity contribution in [3.63, 3.8) is 0 Å². The number of oxime groups is 1. The van der Waals surface area contributed by atoms with E-state index in [0.29, 0.717) is 18.7 Å². The molecule has 1 heterocycles. The smallest absolute Gasteiger partial charge is 0.119 e. The SMILES string of the molecule is C/C(Cc1ccc(OCCc2nccn2C)cc1)=N/O. The number of aryl methyl sites for hydroxylation is 1. The van der Waals surface area contributed by atoms with E-state index in [9.17, 15) is 0 Å². The van der Waals surface area contributed by atoms with E-state index in [2.05, 4.69) is 10.1 Å². The fraction of sp³-hybridized carbons (Fsp3) is 0.333. The van der Waals surface area contributed by atoms with Crippen LogP contribution in [0.25, 0.3) is 0 Å². The highest BCUT2D eigenvalue weighted by Gasteiger charge is 2.01. The van der Waals surface area contributed by atoms with Crippen LogP contribution in [0.5, 0.6) is 5.75 Å². The molecule has 0 aliphatic carbocycles. The normalized spacial score (nSPS) is 11.6. The Bertz CT molecular complexity index is 573. The van der Waals surface area contributed by atoms with Gasteiger partial charge >= 0.3 is 0 Å². The van der Waals surface area contributed by atoms with Gasteiger partial charge in [0.2, 0.25) is 0 Å². The third kappa shape index (κ3) is 3.85. The molecule has 0 spiro atoms. The van der Waals surface area contributed by atoms with E-state index in [1.54, 1.807) is 13.1 Å². The molecule has 0 atom stereocenters. The van der Waals surface area contributed by atoms with Gasteiger partial charge in [-0.3, -0.25) is 0 Å². The number of hydrogen-bond acceptors (Lipinski definition) is 4. The third-order valence-electron chi connectivity index (χ3n) is 3.07. The lowest BCUT2D eigenvalue weighted by Crippen LogP contribution is -2.06. The molecule has 20 heavy (non-hydrogen) atoms. The Hall–Kier alpha value is -2.30. The molecule has 0 saturated heterocycles. The van der Waals surface area contributed by atoms with Crippen molar-refractivity contribution in [1.82, 2.24) is 9.55 Å². The van der Waals surface area contributed by atoms with Gasteiger partial charge in [0.15, 0.2) is 0 Å². The zero-order valence-corrected chi connectivity index (χ0v) is 11.8. The molecule has 0 fully saturated rings. The molecule has 1 aromatic carbocycles. The number of nitrogens with zero attached hydrogens (tertiary/aromatic N) is 3. The van der Waals surface area contributed by atoms with Crippen LogP contribution in [-0.2, 0) is 19.9 Å². The summed E-state index contributed by atoms with van der Waals surface area (Å²) in [7, 11) is 1.97. The van der Waals surface area contributed by atoms with Crippen molar-refractivity contribution in [1.29, 1.82) is 0 Å². The van der Waals surface area contributed by atoms with Gasteiger partial charge in [-0.1, -0.05) is 17.3 Å². The van der Waals surface area contributed by atoms with Crippen molar-refractivity contribution in [3.05, 3.63) is 48.0 Å². The monoisotopic (exact) mass is 273 g/mol. The average molecular weight is 273 g/mol. The van der Waals surface area contributed by atoms with Crippen molar-refractivity contribution in [2.45, 2.75) is 19.8 Å². The maximum absolute atomic E-state index is 8.64. The lowest BCUT2D eigenvalue weighted by atomic mass is 10.1. The van der Waals surface area contributed by atoms with Gasteiger partial charge in [0, 0.05) is 32.3 Å². The molecule has 106 valence electrons. The Morgan fingerprint density at radius 2 is 2.10 bits per heavy atom. The van der Waals surface area contributed by atoms with Crippen LogP contribution in [0.3, 0.4) is 0 Å². The first-order chi connectivity index (χ1) is 9.69. The number of rotatable bonds is 6. The highest BCUT2D eigenvalue weighted by molar-refractivity contribution is 5.83. The Labute approximate surface area is 118 Å². The largest absolute Gasteiger partial charge is 0.493 e. The number of ether oxygens (including phenoxy) is 1. The minimum atomic E-state index is 0.599. The molecule has 1 N–H and O–H groups in total. The van der Waals surface area contributed by atoms with Gasteiger partial charge in [0.1, 0.15) is 11.6 Å². The van der Waals surface area contributed by atoms with Gasteiger partial charge in [0.05, 0.1) is 12.3 Å². The van der Waals surface area contributed by atoms with E-state index in [1.165, 1.54) is 0 Å². The van der Waals surface area contributed by atoms with E-state index in [-0.39, 0.29) is 0 Å². The first-order valence-corrected chi connectivity index (χ1v) is 6.54. The summed E-state index contributed by atoms with van der Waals surface area (Å²) in [5.41, 5.74) is 1.78. The van der Waals surface area contributed by atoms with E-state index >= 15 is 0 Å². The standard InChI is InChI=1S/C15H19N3O2/c1-12(17-19)11-13-3-5-14(6-4-13)20-10-7-15-16-8-9-18(15)2/h3-6,8-9,19H,7,10-11H2,1-2H3/b17-12-. The van der Waals surface area contributed by atoms with Gasteiger partial charge in [-0.25, -0.2) is 4.98 Å². The van der Waals surface area contributed by atoms with Crippen LogP contribution in [0.15, 0.2) is 41.8 Å². The summed E-state index contributed by atoms with van der Waals surface area (Å²) in [6.07, 6.45) is 5.13. The first kappa shape index (κ1) is 14.1. The van der Waals surface area contributed by atoms with Crippen molar-refractivity contribution in [2.24, 2.45) is 12.2 Å². The second-order valence-corrected chi connectivity index (χ2v) is 4.71. The van der Waals surface area contributed by atoms with Crippen LogP contribution in [0.4, 0.5) is 0 Å². The van der Waals surface area contributed by atoms with E-state index in [1.807, 2.05) is 42.1 Å². The summed E-state index contributed by atoms with van der Waals surface area (Å²) < 4.78 is 7.68. The van der Waals surface area contributed by atoms with Gasteiger partial charge in [0.25, 0.3) is 0 Å². The van der Waals surface area contributed by atoms with Crippen LogP contribution >= 0.6 is 0 Å². The number of benzene rings is 1. The summed E-state index contributed by atoms with van der Waals surface area (Å²) >= 11 is 0. The minimum absolute atomic E-state index is 0.599. The van der Waals surface area contributed by atoms with Crippen molar-refractivity contribution < 1.29 is 9.94 Å². The molecule has 0 unspecified atom stereocenters. The number of aromatic nitrogens is 2. The molecular weight excluding hydrogens is 254 g/mol. The van der Waals surface area contributed by atoms with Crippen LogP contribution in [0.1, 0.15) is 18.3 Å². The summed E-state index contributed by atoms with van der Waals surface area (Å²) in [5.74, 6) is 1.85. The molecule has 0 saturated carbocycles. The summed E-state index contributed by atoms with van der Waals surface area (Å²) in [6.45, 7) is 2.39. The molecular formula is C15H19N3O2. The zero-order chi connectivity index (χ0) is 14.4. The first-order valence-electron chi connectivity index (χ1n) is 6.54. The van der Waals surface area contributed by atoms with Crippen molar-refractivity contribution in [2.75, 3.05) is 6.61 Å². The average Bonchev–Trinajstić information content (AvgIpc) is 2.86. The number of hydrogen-bond donors (Lipinski definition) is 1. The topological polar surface area (TPSA) is 59.6 Å². The van der Waals surface area contributed by atoms with Gasteiger partial charge in [-0.15, -0.1) is 0 Å². The predicted octanol–water partition coefficient (Wildman–Crippen LogP) is 2.43. The summed E-state index contributed by atoms with van der Waals surface area (Å²) in [4.78, 5) is 4.25. The van der Waals surface area contributed by atoms with Gasteiger partial charge in [-0.2, -0.15) is 0 Å². The van der Waals surface area contributed by atoms with Crippen molar-refractivity contribution >= 4 is 5.71 Å². The second kappa shape index (κ2) is 6.75. The Kier molecular flexibility index (Phi) is 4.76. The van der Waals surface area contributed by atoms with Gasteiger partial charge in [-0.05, 0) is 24.6 Å². The molecule has 5 nitrogen and oxygen atoms in total. The van der Waals surface area contributed by atoms with Crippen molar-refractivity contribution in [3.8, 4) is 5.75 Å². The summed E-state index contributed by atoms with van der Waals surface area (Å²) in [6, 6.07) is 7.81.